The van der Waals surface area contributed by atoms with Gasteiger partial charge in [-0.3, -0.25) is 4.79 Å². The molecule has 0 bridgehead atoms. The summed E-state index contributed by atoms with van der Waals surface area (Å²) in [5, 5.41) is 9.18. The zero-order chi connectivity index (χ0) is 14.2. The quantitative estimate of drug-likeness (QED) is 0.891. The lowest BCUT2D eigenvalue weighted by molar-refractivity contribution is -0.138. The highest BCUT2D eigenvalue weighted by molar-refractivity contribution is 5.80. The van der Waals surface area contributed by atoms with E-state index >= 15 is 0 Å². The number of benzene rings is 1. The lowest BCUT2D eigenvalue weighted by Crippen LogP contribution is -2.38. The van der Waals surface area contributed by atoms with Crippen LogP contribution in [0.3, 0.4) is 0 Å². The molecule has 2 rings (SSSR count). The van der Waals surface area contributed by atoms with Crippen LogP contribution in [0.5, 0.6) is 0 Å². The van der Waals surface area contributed by atoms with Gasteiger partial charge in [0.1, 0.15) is 17.7 Å². The lowest BCUT2D eigenvalue weighted by atomic mass is 9.95. The van der Waals surface area contributed by atoms with Crippen molar-refractivity contribution in [1.29, 1.82) is 0 Å². The summed E-state index contributed by atoms with van der Waals surface area (Å²) < 4.78 is 40.9. The molecule has 1 heterocycles. The predicted molar refractivity (Wildman–Crippen MR) is 62.0 cm³/mol. The summed E-state index contributed by atoms with van der Waals surface area (Å²) in [5.74, 6) is -2.30. The minimum Gasteiger partial charge on any atom is -0.384 e. The SMILES string of the molecule is C[C@H](O)C(=O)N1CC[C@@](F)(c2cc(F)cc(F)c2)C1. The number of nitrogens with zero attached hydrogens (tertiary/aromatic N) is 1. The van der Waals surface area contributed by atoms with Gasteiger partial charge in [0.2, 0.25) is 0 Å². The molecule has 0 aromatic heterocycles. The molecule has 0 unspecified atom stereocenters. The largest absolute Gasteiger partial charge is 0.384 e. The van der Waals surface area contributed by atoms with Gasteiger partial charge in [-0.25, -0.2) is 13.2 Å². The van der Waals surface area contributed by atoms with Gasteiger partial charge in [0.15, 0.2) is 5.67 Å². The van der Waals surface area contributed by atoms with E-state index in [1.807, 2.05) is 0 Å². The van der Waals surface area contributed by atoms with Crippen molar-refractivity contribution in [3.8, 4) is 0 Å². The Bertz CT molecular complexity index is 486. The average Bonchev–Trinajstić information content (AvgIpc) is 2.71. The molecule has 2 atom stereocenters. The third-order valence-corrected chi connectivity index (χ3v) is 3.27. The maximum atomic E-state index is 14.7. The molecule has 0 aliphatic carbocycles. The zero-order valence-corrected chi connectivity index (χ0v) is 10.4. The van der Waals surface area contributed by atoms with E-state index in [0.717, 1.165) is 17.0 Å². The van der Waals surface area contributed by atoms with E-state index in [9.17, 15) is 23.1 Å². The molecule has 0 spiro atoms. The first-order valence-corrected chi connectivity index (χ1v) is 5.94. The van der Waals surface area contributed by atoms with Crippen LogP contribution < -0.4 is 0 Å². The minimum atomic E-state index is -1.98. The summed E-state index contributed by atoms with van der Waals surface area (Å²) >= 11 is 0. The van der Waals surface area contributed by atoms with Crippen molar-refractivity contribution >= 4 is 5.91 Å². The van der Waals surface area contributed by atoms with E-state index in [4.69, 9.17) is 0 Å². The number of amides is 1. The molecule has 0 radical (unpaired) electrons. The highest BCUT2D eigenvalue weighted by atomic mass is 19.1. The summed E-state index contributed by atoms with van der Waals surface area (Å²) in [5.41, 5.74) is -2.10. The fourth-order valence-corrected chi connectivity index (χ4v) is 2.27. The molecule has 0 saturated carbocycles. The fraction of sp³-hybridized carbons (Fsp3) is 0.462. The summed E-state index contributed by atoms with van der Waals surface area (Å²) in [7, 11) is 0. The van der Waals surface area contributed by atoms with E-state index in [0.29, 0.717) is 6.07 Å². The Morgan fingerprint density at radius 2 is 1.95 bits per heavy atom. The molecule has 19 heavy (non-hydrogen) atoms. The second kappa shape index (κ2) is 4.85. The second-order valence-corrected chi connectivity index (χ2v) is 4.81. The fourth-order valence-electron chi connectivity index (χ4n) is 2.27. The van der Waals surface area contributed by atoms with Gasteiger partial charge >= 0.3 is 0 Å². The van der Waals surface area contributed by atoms with E-state index in [1.165, 1.54) is 6.92 Å². The first-order valence-electron chi connectivity index (χ1n) is 5.94. The maximum absolute atomic E-state index is 14.7. The smallest absolute Gasteiger partial charge is 0.251 e. The van der Waals surface area contributed by atoms with E-state index in [1.54, 1.807) is 0 Å². The summed E-state index contributed by atoms with van der Waals surface area (Å²) in [6.45, 7) is 1.10. The molecule has 1 N–H and O–H groups in total. The molecular formula is C13H14F3NO2. The molecule has 6 heteroatoms. The van der Waals surface area contributed by atoms with Gasteiger partial charge in [-0.05, 0) is 24.6 Å². The normalized spacial score (nSPS) is 24.6. The van der Waals surface area contributed by atoms with Crippen LogP contribution in [0.4, 0.5) is 13.2 Å². The predicted octanol–water partition coefficient (Wildman–Crippen LogP) is 1.74. The molecule has 1 aliphatic heterocycles. The van der Waals surface area contributed by atoms with Crippen LogP contribution in [0.25, 0.3) is 0 Å². The number of likely N-dealkylation sites (tertiary alicyclic amines) is 1. The number of aliphatic hydroxyl groups is 1. The molecule has 3 nitrogen and oxygen atoms in total. The van der Waals surface area contributed by atoms with Gasteiger partial charge in [0.05, 0.1) is 6.54 Å². The second-order valence-electron chi connectivity index (χ2n) is 4.81. The standard InChI is InChI=1S/C13H14F3NO2/c1-8(18)12(19)17-3-2-13(16,7-17)9-4-10(14)6-11(15)5-9/h4-6,8,18H,2-3,7H2,1H3/t8-,13-/m0/s1. The zero-order valence-electron chi connectivity index (χ0n) is 10.4. The third-order valence-electron chi connectivity index (χ3n) is 3.27. The van der Waals surface area contributed by atoms with E-state index in [2.05, 4.69) is 0 Å². The van der Waals surface area contributed by atoms with Gasteiger partial charge in [-0.1, -0.05) is 0 Å². The van der Waals surface area contributed by atoms with Crippen molar-refractivity contribution in [2.24, 2.45) is 0 Å². The van der Waals surface area contributed by atoms with Crippen LogP contribution in [0, 0.1) is 11.6 Å². The van der Waals surface area contributed by atoms with Crippen molar-refractivity contribution in [2.75, 3.05) is 13.1 Å². The highest BCUT2D eigenvalue weighted by Crippen LogP contribution is 2.36. The minimum absolute atomic E-state index is 0.0473. The third kappa shape index (κ3) is 2.73. The van der Waals surface area contributed by atoms with Crippen LogP contribution in [-0.2, 0) is 10.5 Å². The Morgan fingerprint density at radius 3 is 2.47 bits per heavy atom. The summed E-state index contributed by atoms with van der Waals surface area (Å²) in [6.07, 6.45) is -1.26. The number of alkyl halides is 1. The number of halogens is 3. The molecule has 1 aromatic carbocycles. The van der Waals surface area contributed by atoms with Crippen LogP contribution in [0.1, 0.15) is 18.9 Å². The van der Waals surface area contributed by atoms with Crippen LogP contribution in [-0.4, -0.2) is 35.1 Å². The van der Waals surface area contributed by atoms with E-state index in [-0.39, 0.29) is 25.1 Å². The Labute approximate surface area is 108 Å². The van der Waals surface area contributed by atoms with Gasteiger partial charge in [-0.15, -0.1) is 0 Å². The Balaban J connectivity index is 2.23. The van der Waals surface area contributed by atoms with Gasteiger partial charge in [0, 0.05) is 19.0 Å². The van der Waals surface area contributed by atoms with Gasteiger partial charge in [0.25, 0.3) is 5.91 Å². The number of carbonyl (C=O) groups is 1. The number of aliphatic hydroxyl groups excluding tert-OH is 1. The van der Waals surface area contributed by atoms with Gasteiger partial charge in [-0.2, -0.15) is 0 Å². The molecule has 1 amide bonds. The molecular weight excluding hydrogens is 259 g/mol. The molecule has 1 aliphatic rings. The Morgan fingerprint density at radius 1 is 1.37 bits per heavy atom. The maximum Gasteiger partial charge on any atom is 0.251 e. The van der Waals surface area contributed by atoms with Crippen LogP contribution in [0.15, 0.2) is 18.2 Å². The summed E-state index contributed by atoms with van der Waals surface area (Å²) in [4.78, 5) is 12.7. The van der Waals surface area contributed by atoms with Crippen molar-refractivity contribution < 1.29 is 23.1 Å². The van der Waals surface area contributed by atoms with Crippen molar-refractivity contribution in [2.45, 2.75) is 25.1 Å². The van der Waals surface area contributed by atoms with E-state index < -0.39 is 29.3 Å². The Hall–Kier alpha value is -1.56. The number of hydrogen-bond donors (Lipinski definition) is 1. The number of hydrogen-bond acceptors (Lipinski definition) is 2. The van der Waals surface area contributed by atoms with Crippen molar-refractivity contribution in [3.05, 3.63) is 35.4 Å². The lowest BCUT2D eigenvalue weighted by Gasteiger charge is -2.22. The van der Waals surface area contributed by atoms with Crippen LogP contribution >= 0.6 is 0 Å². The topological polar surface area (TPSA) is 40.5 Å². The van der Waals surface area contributed by atoms with Crippen LogP contribution in [0.2, 0.25) is 0 Å². The van der Waals surface area contributed by atoms with Crippen molar-refractivity contribution in [3.63, 3.8) is 0 Å². The van der Waals surface area contributed by atoms with Crippen molar-refractivity contribution in [1.82, 2.24) is 4.90 Å². The molecule has 1 aromatic rings. The Kier molecular flexibility index (Phi) is 3.54. The highest BCUT2D eigenvalue weighted by Gasteiger charge is 2.42. The molecule has 1 saturated heterocycles. The number of carbonyl (C=O) groups excluding carboxylic acids is 1. The van der Waals surface area contributed by atoms with Gasteiger partial charge < -0.3 is 10.0 Å². The monoisotopic (exact) mass is 273 g/mol. The molecule has 104 valence electrons. The first kappa shape index (κ1) is 13.9. The first-order chi connectivity index (χ1) is 8.82. The average molecular weight is 273 g/mol. The summed E-state index contributed by atoms with van der Waals surface area (Å²) in [6, 6.07) is 2.53. The molecule has 1 fully saturated rings. The number of rotatable bonds is 2.